The van der Waals surface area contributed by atoms with E-state index in [-0.39, 0.29) is 5.56 Å². The van der Waals surface area contributed by atoms with Gasteiger partial charge in [-0.3, -0.25) is 4.79 Å². The van der Waals surface area contributed by atoms with E-state index in [2.05, 4.69) is 31.1 Å². The monoisotopic (exact) mass is 244 g/mol. The minimum Gasteiger partial charge on any atom is -0.369 e. The Bertz CT molecular complexity index is 588. The zero-order valence-corrected chi connectivity index (χ0v) is 11.2. The van der Waals surface area contributed by atoms with Crippen LogP contribution in [0.25, 0.3) is 10.8 Å². The van der Waals surface area contributed by atoms with E-state index in [1.807, 2.05) is 30.3 Å². The van der Waals surface area contributed by atoms with Gasteiger partial charge in [0.1, 0.15) is 5.82 Å². The molecule has 0 fully saturated rings. The van der Waals surface area contributed by atoms with E-state index in [0.717, 1.165) is 23.0 Å². The van der Waals surface area contributed by atoms with Crippen LogP contribution in [0.15, 0.2) is 35.1 Å². The van der Waals surface area contributed by atoms with Gasteiger partial charge in [-0.1, -0.05) is 38.5 Å². The van der Waals surface area contributed by atoms with Crippen LogP contribution in [-0.2, 0) is 0 Å². The standard InChI is InChI=1S/C15H20N2O/c1-4-10(2)11(3)16-14-9-12-7-5-6-8-13(12)15(18)17-14/h5-11H,4H2,1-3H3,(H2,16,17,18). The van der Waals surface area contributed by atoms with Gasteiger partial charge in [-0.2, -0.15) is 0 Å². The molecule has 0 spiro atoms. The van der Waals surface area contributed by atoms with E-state index in [1.54, 1.807) is 0 Å². The average molecular weight is 244 g/mol. The summed E-state index contributed by atoms with van der Waals surface area (Å²) in [6, 6.07) is 9.97. The number of rotatable bonds is 4. The van der Waals surface area contributed by atoms with Gasteiger partial charge < -0.3 is 10.3 Å². The van der Waals surface area contributed by atoms with Crippen molar-refractivity contribution in [3.8, 4) is 0 Å². The third kappa shape index (κ3) is 2.55. The van der Waals surface area contributed by atoms with E-state index in [0.29, 0.717) is 12.0 Å². The molecular formula is C15H20N2O. The molecule has 3 nitrogen and oxygen atoms in total. The summed E-state index contributed by atoms with van der Waals surface area (Å²) in [5.74, 6) is 1.37. The van der Waals surface area contributed by atoms with Crippen molar-refractivity contribution >= 4 is 16.6 Å². The molecule has 0 bridgehead atoms. The molecule has 96 valence electrons. The minimum absolute atomic E-state index is 0.0352. The maximum absolute atomic E-state index is 11.9. The van der Waals surface area contributed by atoms with E-state index in [4.69, 9.17) is 0 Å². The number of anilines is 1. The van der Waals surface area contributed by atoms with Crippen LogP contribution in [0.1, 0.15) is 27.2 Å². The molecule has 2 unspecified atom stereocenters. The SMILES string of the molecule is CCC(C)C(C)Nc1cc2ccccc2c(=O)[nH]1. The van der Waals surface area contributed by atoms with Gasteiger partial charge in [0.05, 0.1) is 0 Å². The van der Waals surface area contributed by atoms with Crippen molar-refractivity contribution in [3.63, 3.8) is 0 Å². The molecule has 0 saturated carbocycles. The van der Waals surface area contributed by atoms with Gasteiger partial charge in [-0.25, -0.2) is 0 Å². The summed E-state index contributed by atoms with van der Waals surface area (Å²) in [4.78, 5) is 14.8. The fourth-order valence-corrected chi connectivity index (χ4v) is 2.03. The Labute approximate surface area is 107 Å². The number of pyridine rings is 1. The lowest BCUT2D eigenvalue weighted by atomic mass is 10.0. The van der Waals surface area contributed by atoms with Crippen LogP contribution in [0.5, 0.6) is 0 Å². The molecule has 2 atom stereocenters. The summed E-state index contributed by atoms with van der Waals surface area (Å²) < 4.78 is 0. The zero-order chi connectivity index (χ0) is 13.1. The Kier molecular flexibility index (Phi) is 3.70. The fourth-order valence-electron chi connectivity index (χ4n) is 2.03. The molecule has 2 N–H and O–H groups in total. The summed E-state index contributed by atoms with van der Waals surface area (Å²) in [6.45, 7) is 6.52. The maximum atomic E-state index is 11.9. The Morgan fingerprint density at radius 1 is 1.28 bits per heavy atom. The smallest absolute Gasteiger partial charge is 0.257 e. The number of nitrogens with one attached hydrogen (secondary N) is 2. The highest BCUT2D eigenvalue weighted by atomic mass is 16.1. The van der Waals surface area contributed by atoms with Crippen molar-refractivity contribution in [3.05, 3.63) is 40.7 Å². The van der Waals surface area contributed by atoms with Crippen molar-refractivity contribution in [2.24, 2.45) is 5.92 Å². The second-order valence-corrected chi connectivity index (χ2v) is 4.92. The molecule has 18 heavy (non-hydrogen) atoms. The van der Waals surface area contributed by atoms with E-state index in [9.17, 15) is 4.79 Å². The van der Waals surface area contributed by atoms with Gasteiger partial charge in [0, 0.05) is 11.4 Å². The molecule has 0 aliphatic rings. The predicted molar refractivity (Wildman–Crippen MR) is 77.1 cm³/mol. The van der Waals surface area contributed by atoms with E-state index >= 15 is 0 Å². The molecule has 0 radical (unpaired) electrons. The first-order valence-electron chi connectivity index (χ1n) is 6.50. The Hall–Kier alpha value is -1.77. The van der Waals surface area contributed by atoms with Gasteiger partial charge in [0.25, 0.3) is 5.56 Å². The molecule has 3 heteroatoms. The van der Waals surface area contributed by atoms with Gasteiger partial charge in [-0.15, -0.1) is 0 Å². The molecule has 0 aliphatic carbocycles. The van der Waals surface area contributed by atoms with Gasteiger partial charge >= 0.3 is 0 Å². The molecule has 0 saturated heterocycles. The highest BCUT2D eigenvalue weighted by Crippen LogP contribution is 2.16. The predicted octanol–water partition coefficient (Wildman–Crippen LogP) is 3.37. The van der Waals surface area contributed by atoms with Crippen molar-refractivity contribution in [1.29, 1.82) is 0 Å². The topological polar surface area (TPSA) is 44.9 Å². The zero-order valence-electron chi connectivity index (χ0n) is 11.2. The first-order chi connectivity index (χ1) is 8.61. The number of fused-ring (bicyclic) bond motifs is 1. The van der Waals surface area contributed by atoms with E-state index in [1.165, 1.54) is 0 Å². The van der Waals surface area contributed by atoms with Crippen LogP contribution in [0.3, 0.4) is 0 Å². The van der Waals surface area contributed by atoms with Crippen LogP contribution in [0.4, 0.5) is 5.82 Å². The second kappa shape index (κ2) is 5.25. The molecule has 0 aliphatic heterocycles. The molecule has 1 aromatic heterocycles. The summed E-state index contributed by atoms with van der Waals surface area (Å²) in [5, 5.41) is 5.08. The third-order valence-corrected chi connectivity index (χ3v) is 3.63. The van der Waals surface area contributed by atoms with Crippen molar-refractivity contribution < 1.29 is 0 Å². The Morgan fingerprint density at radius 3 is 2.72 bits per heavy atom. The molecule has 2 rings (SSSR count). The summed E-state index contributed by atoms with van der Waals surface area (Å²) in [7, 11) is 0. The van der Waals surface area contributed by atoms with Crippen LogP contribution in [-0.4, -0.2) is 11.0 Å². The summed E-state index contributed by atoms with van der Waals surface area (Å²) in [5.41, 5.74) is -0.0352. The molecule has 0 amide bonds. The van der Waals surface area contributed by atoms with Crippen LogP contribution < -0.4 is 10.9 Å². The Balaban J connectivity index is 2.33. The first kappa shape index (κ1) is 12.7. The maximum Gasteiger partial charge on any atom is 0.257 e. The quantitative estimate of drug-likeness (QED) is 0.866. The summed E-state index contributed by atoms with van der Waals surface area (Å²) >= 11 is 0. The number of H-pyrrole nitrogens is 1. The lowest BCUT2D eigenvalue weighted by Crippen LogP contribution is -2.25. The number of hydrogen-bond acceptors (Lipinski definition) is 2. The van der Waals surface area contributed by atoms with Crippen LogP contribution >= 0.6 is 0 Å². The largest absolute Gasteiger partial charge is 0.369 e. The highest BCUT2D eigenvalue weighted by Gasteiger charge is 2.10. The van der Waals surface area contributed by atoms with Crippen LogP contribution in [0.2, 0.25) is 0 Å². The molecular weight excluding hydrogens is 224 g/mol. The number of aromatic nitrogens is 1. The average Bonchev–Trinajstić information content (AvgIpc) is 2.37. The van der Waals surface area contributed by atoms with Gasteiger partial charge in [0.15, 0.2) is 0 Å². The molecule has 1 aromatic carbocycles. The fraction of sp³-hybridized carbons (Fsp3) is 0.400. The number of aromatic amines is 1. The lowest BCUT2D eigenvalue weighted by molar-refractivity contribution is 0.493. The van der Waals surface area contributed by atoms with Crippen LogP contribution in [0, 0.1) is 5.92 Å². The van der Waals surface area contributed by atoms with Crippen molar-refractivity contribution in [2.75, 3.05) is 5.32 Å². The van der Waals surface area contributed by atoms with E-state index < -0.39 is 0 Å². The number of benzene rings is 1. The normalized spacial score (nSPS) is 14.4. The van der Waals surface area contributed by atoms with Crippen molar-refractivity contribution in [2.45, 2.75) is 33.2 Å². The number of hydrogen-bond donors (Lipinski definition) is 2. The molecule has 1 heterocycles. The lowest BCUT2D eigenvalue weighted by Gasteiger charge is -2.20. The van der Waals surface area contributed by atoms with Gasteiger partial charge in [0.2, 0.25) is 0 Å². The molecule has 2 aromatic rings. The summed E-state index contributed by atoms with van der Waals surface area (Å²) in [6.07, 6.45) is 1.12. The Morgan fingerprint density at radius 2 is 2.00 bits per heavy atom. The van der Waals surface area contributed by atoms with Crippen molar-refractivity contribution in [1.82, 2.24) is 4.98 Å². The second-order valence-electron chi connectivity index (χ2n) is 4.92. The minimum atomic E-state index is -0.0352. The van der Waals surface area contributed by atoms with Gasteiger partial charge in [-0.05, 0) is 30.4 Å². The first-order valence-corrected chi connectivity index (χ1v) is 6.50. The third-order valence-electron chi connectivity index (χ3n) is 3.63. The highest BCUT2D eigenvalue weighted by molar-refractivity contribution is 5.83.